The Morgan fingerprint density at radius 2 is 1.83 bits per heavy atom. The zero-order valence-electron chi connectivity index (χ0n) is 9.69. The van der Waals surface area contributed by atoms with Crippen molar-refractivity contribution in [1.29, 1.82) is 5.26 Å². The average molecular weight is 282 g/mol. The quantitative estimate of drug-likeness (QED) is 0.837. The molecule has 5 heteroatoms. The van der Waals surface area contributed by atoms with Crippen LogP contribution >= 0.6 is 11.6 Å². The second kappa shape index (κ2) is 3.49. The molecule has 0 saturated heterocycles. The second-order valence-corrected chi connectivity index (χ2v) is 8.03. The molecule has 3 nitrogen and oxygen atoms in total. The van der Waals surface area contributed by atoms with Gasteiger partial charge in [0.05, 0.1) is 16.0 Å². The van der Waals surface area contributed by atoms with Gasteiger partial charge in [0.15, 0.2) is 14.6 Å². The van der Waals surface area contributed by atoms with Crippen LogP contribution in [-0.4, -0.2) is 13.2 Å². The normalized spacial score (nSPS) is 23.1. The van der Waals surface area contributed by atoms with Gasteiger partial charge < -0.3 is 0 Å². The van der Waals surface area contributed by atoms with Gasteiger partial charge >= 0.3 is 0 Å². The van der Waals surface area contributed by atoms with E-state index < -0.39 is 14.6 Å². The number of hydrogen-bond acceptors (Lipinski definition) is 3. The Bertz CT molecular complexity index is 648. The van der Waals surface area contributed by atoms with Crippen molar-refractivity contribution in [3.05, 3.63) is 29.3 Å². The molecule has 0 amide bonds. The van der Waals surface area contributed by atoms with Crippen LogP contribution in [0, 0.1) is 16.7 Å². The molecule has 94 valence electrons. The minimum Gasteiger partial charge on any atom is -0.222 e. The Morgan fingerprint density at radius 1 is 1.22 bits per heavy atom. The number of nitrogens with zero attached hydrogens (tertiary/aromatic N) is 1. The van der Waals surface area contributed by atoms with Crippen molar-refractivity contribution in [3.8, 4) is 6.07 Å². The zero-order valence-corrected chi connectivity index (χ0v) is 11.3. The molecule has 0 aliphatic heterocycles. The number of benzene rings is 1. The molecule has 0 heterocycles. The molecule has 0 aromatic heterocycles. The molecule has 0 radical (unpaired) electrons. The first kappa shape index (κ1) is 12.0. The van der Waals surface area contributed by atoms with E-state index >= 15 is 0 Å². The molecule has 2 fully saturated rings. The van der Waals surface area contributed by atoms with Crippen LogP contribution in [0.25, 0.3) is 0 Å². The van der Waals surface area contributed by atoms with Crippen LogP contribution in [0.3, 0.4) is 0 Å². The number of sulfone groups is 1. The molecule has 18 heavy (non-hydrogen) atoms. The standard InChI is InChI=1S/C13H12ClNO2S/c14-10-3-1-2-4-11(10)18(16,17)13(9-15)7-12(8-13)5-6-12/h1-4H,5-8H2. The van der Waals surface area contributed by atoms with E-state index in [2.05, 4.69) is 0 Å². The smallest absolute Gasteiger partial charge is 0.198 e. The highest BCUT2D eigenvalue weighted by Gasteiger charge is 2.67. The Kier molecular flexibility index (Phi) is 2.33. The van der Waals surface area contributed by atoms with E-state index in [9.17, 15) is 13.7 Å². The fourth-order valence-electron chi connectivity index (χ4n) is 2.89. The highest BCUT2D eigenvalue weighted by atomic mass is 35.5. The summed E-state index contributed by atoms with van der Waals surface area (Å²) in [6.07, 6.45) is 3.02. The van der Waals surface area contributed by atoms with E-state index in [1.165, 1.54) is 6.07 Å². The van der Waals surface area contributed by atoms with E-state index in [-0.39, 0.29) is 15.3 Å². The Balaban J connectivity index is 2.06. The summed E-state index contributed by atoms with van der Waals surface area (Å²) < 4.78 is 23.9. The van der Waals surface area contributed by atoms with Crippen LogP contribution < -0.4 is 0 Å². The van der Waals surface area contributed by atoms with Gasteiger partial charge in [-0.1, -0.05) is 23.7 Å². The SMILES string of the molecule is N#CC1(S(=O)(=O)c2ccccc2Cl)CC2(CC2)C1. The van der Waals surface area contributed by atoms with Gasteiger partial charge in [-0.15, -0.1) is 0 Å². The zero-order chi connectivity index (χ0) is 13.0. The fourth-order valence-corrected chi connectivity index (χ4v) is 5.45. The molecule has 2 aliphatic rings. The van der Waals surface area contributed by atoms with E-state index in [4.69, 9.17) is 11.6 Å². The Morgan fingerprint density at radius 3 is 2.33 bits per heavy atom. The number of nitriles is 1. The highest BCUT2D eigenvalue weighted by molar-refractivity contribution is 7.93. The lowest BCUT2D eigenvalue weighted by Gasteiger charge is -2.42. The van der Waals surface area contributed by atoms with Crippen molar-refractivity contribution in [1.82, 2.24) is 0 Å². The van der Waals surface area contributed by atoms with Crippen molar-refractivity contribution in [2.75, 3.05) is 0 Å². The van der Waals surface area contributed by atoms with Crippen molar-refractivity contribution >= 4 is 21.4 Å². The molecular formula is C13H12ClNO2S. The maximum absolute atomic E-state index is 12.6. The maximum Gasteiger partial charge on any atom is 0.198 e. The lowest BCUT2D eigenvalue weighted by Crippen LogP contribution is -2.50. The van der Waals surface area contributed by atoms with Crippen molar-refractivity contribution < 1.29 is 8.42 Å². The molecule has 2 saturated carbocycles. The highest BCUT2D eigenvalue weighted by Crippen LogP contribution is 2.67. The first-order valence-electron chi connectivity index (χ1n) is 5.85. The minimum absolute atomic E-state index is 0.0868. The van der Waals surface area contributed by atoms with Crippen LogP contribution in [-0.2, 0) is 9.84 Å². The predicted molar refractivity (Wildman–Crippen MR) is 67.9 cm³/mol. The van der Waals surface area contributed by atoms with E-state index in [1.807, 2.05) is 6.07 Å². The van der Waals surface area contributed by atoms with Crippen LogP contribution in [0.2, 0.25) is 5.02 Å². The predicted octanol–water partition coefficient (Wildman–Crippen LogP) is 2.95. The van der Waals surface area contributed by atoms with Gasteiger partial charge in [-0.05, 0) is 43.2 Å². The molecule has 1 aromatic carbocycles. The van der Waals surface area contributed by atoms with Crippen molar-refractivity contribution in [2.45, 2.75) is 35.3 Å². The van der Waals surface area contributed by atoms with Gasteiger partial charge in [-0.25, -0.2) is 8.42 Å². The number of rotatable bonds is 2. The van der Waals surface area contributed by atoms with Crippen LogP contribution in [0.1, 0.15) is 25.7 Å². The van der Waals surface area contributed by atoms with Crippen molar-refractivity contribution in [3.63, 3.8) is 0 Å². The van der Waals surface area contributed by atoms with Crippen LogP contribution in [0.5, 0.6) is 0 Å². The minimum atomic E-state index is -3.67. The summed E-state index contributed by atoms with van der Waals surface area (Å²) in [5.74, 6) is 0. The molecule has 1 spiro atoms. The van der Waals surface area contributed by atoms with E-state index in [0.29, 0.717) is 12.8 Å². The molecule has 0 unspecified atom stereocenters. The van der Waals surface area contributed by atoms with Gasteiger partial charge in [-0.3, -0.25) is 0 Å². The molecule has 0 atom stereocenters. The Labute approximate surface area is 111 Å². The van der Waals surface area contributed by atoms with Gasteiger partial charge in [0.25, 0.3) is 0 Å². The lowest BCUT2D eigenvalue weighted by molar-refractivity contribution is 0.238. The molecule has 2 aliphatic carbocycles. The largest absolute Gasteiger partial charge is 0.222 e. The summed E-state index contributed by atoms with van der Waals surface area (Å²) in [7, 11) is -3.67. The summed E-state index contributed by atoms with van der Waals surface area (Å²) >= 11 is 5.95. The van der Waals surface area contributed by atoms with Crippen molar-refractivity contribution in [2.24, 2.45) is 5.41 Å². The Hall–Kier alpha value is -1.05. The third kappa shape index (κ3) is 1.44. The lowest BCUT2D eigenvalue weighted by atomic mass is 9.72. The molecule has 0 N–H and O–H groups in total. The first-order chi connectivity index (χ1) is 8.45. The molecule has 0 bridgehead atoms. The van der Waals surface area contributed by atoms with Gasteiger partial charge in [0.1, 0.15) is 0 Å². The monoisotopic (exact) mass is 281 g/mol. The molecule has 3 rings (SSSR count). The topological polar surface area (TPSA) is 57.9 Å². The maximum atomic E-state index is 12.6. The summed E-state index contributed by atoms with van der Waals surface area (Å²) in [5, 5.41) is 9.51. The van der Waals surface area contributed by atoms with Gasteiger partial charge in [0, 0.05) is 0 Å². The second-order valence-electron chi connectivity index (χ2n) is 5.39. The van der Waals surface area contributed by atoms with Gasteiger partial charge in [-0.2, -0.15) is 5.26 Å². The van der Waals surface area contributed by atoms with Crippen LogP contribution in [0.15, 0.2) is 29.2 Å². The summed E-state index contributed by atoms with van der Waals surface area (Å²) in [6.45, 7) is 0. The summed E-state index contributed by atoms with van der Waals surface area (Å²) in [4.78, 5) is 0.0868. The molecular weight excluding hydrogens is 270 g/mol. The first-order valence-corrected chi connectivity index (χ1v) is 7.71. The summed E-state index contributed by atoms with van der Waals surface area (Å²) in [6, 6.07) is 8.38. The van der Waals surface area contributed by atoms with E-state index in [0.717, 1.165) is 12.8 Å². The third-order valence-corrected chi connectivity index (χ3v) is 6.91. The third-order valence-electron chi connectivity index (χ3n) is 4.12. The average Bonchev–Trinajstić information content (AvgIpc) is 3.06. The summed E-state index contributed by atoms with van der Waals surface area (Å²) in [5.41, 5.74) is 0.143. The van der Waals surface area contributed by atoms with Gasteiger partial charge in [0.2, 0.25) is 0 Å². The number of halogens is 1. The molecule has 1 aromatic rings. The fraction of sp³-hybridized carbons (Fsp3) is 0.462. The number of hydrogen-bond donors (Lipinski definition) is 0. The van der Waals surface area contributed by atoms with E-state index in [1.54, 1.807) is 18.2 Å². The van der Waals surface area contributed by atoms with Crippen LogP contribution in [0.4, 0.5) is 0 Å².